The predicted octanol–water partition coefficient (Wildman–Crippen LogP) is 10.0. The Labute approximate surface area is 287 Å². The zero-order valence-corrected chi connectivity index (χ0v) is 29.1. The smallest absolute Gasteiger partial charge is 0.160 e. The molecule has 0 saturated carbocycles. The van der Waals surface area contributed by atoms with E-state index < -0.39 is 8.07 Å². The van der Waals surface area contributed by atoms with Crippen molar-refractivity contribution in [2.24, 2.45) is 0 Å². The Bertz CT molecular complexity index is 2660. The summed E-state index contributed by atoms with van der Waals surface area (Å²) < 4.78 is 2.54. The summed E-state index contributed by atoms with van der Waals surface area (Å²) in [6.07, 6.45) is 0. The number of benzene rings is 6. The topological polar surface area (TPSA) is 30.7 Å². The third-order valence-electron chi connectivity index (χ3n) is 11.2. The highest BCUT2D eigenvalue weighted by Crippen LogP contribution is 2.53. The number of rotatable bonds is 3. The molecule has 49 heavy (non-hydrogen) atoms. The van der Waals surface area contributed by atoms with E-state index in [9.17, 15) is 0 Å². The molecule has 234 valence electrons. The summed E-state index contributed by atoms with van der Waals surface area (Å²) in [5, 5.41) is 5.30. The van der Waals surface area contributed by atoms with Crippen molar-refractivity contribution in [3.63, 3.8) is 0 Å². The van der Waals surface area contributed by atoms with Gasteiger partial charge in [-0.3, -0.25) is 0 Å². The number of nitrogens with zero attached hydrogens (tertiary/aromatic N) is 3. The van der Waals surface area contributed by atoms with Crippen molar-refractivity contribution in [1.82, 2.24) is 14.5 Å². The van der Waals surface area contributed by atoms with Crippen molar-refractivity contribution < 1.29 is 0 Å². The molecule has 0 spiro atoms. The third-order valence-corrected chi connectivity index (χ3v) is 14.7. The van der Waals surface area contributed by atoms with Crippen molar-refractivity contribution in [2.45, 2.75) is 32.4 Å². The van der Waals surface area contributed by atoms with Gasteiger partial charge in [0.1, 0.15) is 8.07 Å². The average Bonchev–Trinajstić information content (AvgIpc) is 3.69. The molecule has 6 aromatic carbocycles. The molecular weight excluding hydrogens is 611 g/mol. The highest BCUT2D eigenvalue weighted by Gasteiger charge is 2.43. The van der Waals surface area contributed by atoms with E-state index >= 15 is 0 Å². The highest BCUT2D eigenvalue weighted by atomic mass is 28.3. The third kappa shape index (κ3) is 3.78. The van der Waals surface area contributed by atoms with E-state index in [4.69, 9.17) is 9.97 Å². The first-order valence-corrected chi connectivity index (χ1v) is 20.2. The summed E-state index contributed by atoms with van der Waals surface area (Å²) in [7, 11) is -2.16. The van der Waals surface area contributed by atoms with Crippen LogP contribution >= 0.6 is 0 Å². The van der Waals surface area contributed by atoms with E-state index in [1.807, 2.05) is 0 Å². The minimum Gasteiger partial charge on any atom is -0.308 e. The molecule has 10 rings (SSSR count). The first-order valence-electron chi connectivity index (χ1n) is 17.2. The second-order valence-corrected chi connectivity index (χ2v) is 18.9. The highest BCUT2D eigenvalue weighted by molar-refractivity contribution is 7.04. The Kier molecular flexibility index (Phi) is 5.79. The van der Waals surface area contributed by atoms with Crippen LogP contribution in [0.25, 0.3) is 72.5 Å². The molecule has 3 heterocycles. The lowest BCUT2D eigenvalue weighted by Crippen LogP contribution is -2.50. The normalized spacial score (nSPS) is 14.9. The molecule has 2 aromatic heterocycles. The fraction of sp³-hybridized carbons (Fsp3) is 0.111. The second kappa shape index (κ2) is 9.97. The number of hydrogen-bond donors (Lipinski definition) is 0. The molecular formula is C45H35N3Si. The molecule has 4 heteroatoms. The summed E-state index contributed by atoms with van der Waals surface area (Å²) in [6.45, 7) is 9.70. The largest absolute Gasteiger partial charge is 0.308 e. The predicted molar refractivity (Wildman–Crippen MR) is 207 cm³/mol. The molecule has 0 saturated heterocycles. The van der Waals surface area contributed by atoms with Crippen LogP contribution in [-0.4, -0.2) is 22.6 Å². The molecule has 0 amide bonds. The molecule has 3 nitrogen and oxygen atoms in total. The van der Waals surface area contributed by atoms with E-state index in [-0.39, 0.29) is 5.41 Å². The van der Waals surface area contributed by atoms with Crippen molar-refractivity contribution in [3.8, 4) is 50.7 Å². The zero-order valence-electron chi connectivity index (χ0n) is 28.1. The summed E-state index contributed by atoms with van der Waals surface area (Å²) in [4.78, 5) is 10.9. The maximum atomic E-state index is 5.54. The summed E-state index contributed by atoms with van der Waals surface area (Å²) in [5.74, 6) is 0.769. The lowest BCUT2D eigenvalue weighted by Gasteiger charge is -2.25. The minimum absolute atomic E-state index is 0.167. The molecule has 0 fully saturated rings. The van der Waals surface area contributed by atoms with Crippen molar-refractivity contribution in [2.75, 3.05) is 0 Å². The van der Waals surface area contributed by atoms with Crippen LogP contribution in [0.15, 0.2) is 140 Å². The number of aromatic nitrogens is 3. The zero-order chi connectivity index (χ0) is 33.1. The van der Waals surface area contributed by atoms with Crippen LogP contribution < -0.4 is 10.4 Å². The van der Waals surface area contributed by atoms with Gasteiger partial charge in [0.05, 0.1) is 28.1 Å². The Morgan fingerprint density at radius 2 is 1.18 bits per heavy atom. The van der Waals surface area contributed by atoms with Gasteiger partial charge in [-0.15, -0.1) is 0 Å². The van der Waals surface area contributed by atoms with Gasteiger partial charge in [0.25, 0.3) is 0 Å². The van der Waals surface area contributed by atoms with Gasteiger partial charge in [0, 0.05) is 27.3 Å². The van der Waals surface area contributed by atoms with E-state index in [1.54, 1.807) is 0 Å². The molecule has 2 aliphatic rings. The number of fused-ring (bicyclic) bond motifs is 10. The van der Waals surface area contributed by atoms with E-state index in [0.29, 0.717) is 0 Å². The second-order valence-electron chi connectivity index (χ2n) is 14.6. The maximum Gasteiger partial charge on any atom is 0.160 e. The molecule has 1 aliphatic carbocycles. The number of para-hydroxylation sites is 2. The van der Waals surface area contributed by atoms with Gasteiger partial charge < -0.3 is 4.57 Å². The Balaban J connectivity index is 1.34. The van der Waals surface area contributed by atoms with Crippen molar-refractivity contribution in [1.29, 1.82) is 0 Å². The first-order chi connectivity index (χ1) is 23.9. The Hall–Kier alpha value is -5.58. The van der Waals surface area contributed by atoms with Gasteiger partial charge >= 0.3 is 0 Å². The molecule has 0 bridgehead atoms. The molecule has 8 aromatic rings. The minimum atomic E-state index is -2.16. The van der Waals surface area contributed by atoms with Crippen LogP contribution in [0.2, 0.25) is 13.1 Å². The Morgan fingerprint density at radius 1 is 0.551 bits per heavy atom. The monoisotopic (exact) mass is 645 g/mol. The first kappa shape index (κ1) is 28.4. The summed E-state index contributed by atoms with van der Waals surface area (Å²) in [6, 6.07) is 50.8. The maximum absolute atomic E-state index is 5.54. The van der Waals surface area contributed by atoms with E-state index in [0.717, 1.165) is 34.0 Å². The Morgan fingerprint density at radius 3 is 2.00 bits per heavy atom. The van der Waals surface area contributed by atoms with Crippen LogP contribution in [0.4, 0.5) is 0 Å². The number of hydrogen-bond acceptors (Lipinski definition) is 2. The van der Waals surface area contributed by atoms with Gasteiger partial charge in [-0.05, 0) is 50.3 Å². The van der Waals surface area contributed by atoms with Crippen LogP contribution in [0.5, 0.6) is 0 Å². The van der Waals surface area contributed by atoms with Crippen molar-refractivity contribution in [3.05, 3.63) is 151 Å². The lowest BCUT2D eigenvalue weighted by atomic mass is 9.81. The van der Waals surface area contributed by atoms with Crippen LogP contribution in [-0.2, 0) is 5.41 Å². The van der Waals surface area contributed by atoms with E-state index in [1.165, 1.54) is 60.0 Å². The molecule has 0 unspecified atom stereocenters. The standard InChI is InChI=1S/C45H35N3Si/c1-45(2)35-22-12-8-18-29(35)31-26-27-32-30-19-9-13-23-36(30)48(42(32)39(31)45)37-24-14-10-20-33(37)40-43-41(34-21-11-15-25-38(34)49(43,3)4)47-44(46-40)28-16-6-5-7-17-28/h5-27H,1-4H3. The van der Waals surface area contributed by atoms with Crippen LogP contribution in [0.3, 0.4) is 0 Å². The molecule has 0 atom stereocenters. The van der Waals surface area contributed by atoms with Crippen molar-refractivity contribution >= 4 is 40.3 Å². The van der Waals surface area contributed by atoms with Gasteiger partial charge in [-0.1, -0.05) is 154 Å². The fourth-order valence-corrected chi connectivity index (χ4v) is 12.2. The summed E-state index contributed by atoms with van der Waals surface area (Å²) >= 11 is 0. The molecule has 0 N–H and O–H groups in total. The van der Waals surface area contributed by atoms with Gasteiger partial charge in [-0.25, -0.2) is 9.97 Å². The van der Waals surface area contributed by atoms with Gasteiger partial charge in [-0.2, -0.15) is 0 Å². The van der Waals surface area contributed by atoms with Gasteiger partial charge in [0.15, 0.2) is 5.82 Å². The summed E-state index contributed by atoms with van der Waals surface area (Å²) in [5.41, 5.74) is 14.5. The quantitative estimate of drug-likeness (QED) is 0.179. The van der Waals surface area contributed by atoms with Crippen LogP contribution in [0.1, 0.15) is 25.0 Å². The lowest BCUT2D eigenvalue weighted by molar-refractivity contribution is 0.664. The SMILES string of the molecule is CC1(C)c2ccccc2-c2ccc3c4ccccc4n(-c4ccccc4-c4nc(-c5ccccc5)nc5c4[Si](C)(C)c4ccccc4-5)c3c21. The van der Waals surface area contributed by atoms with Crippen LogP contribution in [0, 0.1) is 0 Å². The van der Waals surface area contributed by atoms with E-state index in [2.05, 4.69) is 171 Å². The van der Waals surface area contributed by atoms with Gasteiger partial charge in [0.2, 0.25) is 0 Å². The molecule has 0 radical (unpaired) electrons. The fourth-order valence-electron chi connectivity index (χ4n) is 8.96. The average molecular weight is 646 g/mol. The molecule has 1 aliphatic heterocycles.